The molecule has 1 unspecified atom stereocenters. The summed E-state index contributed by atoms with van der Waals surface area (Å²) in [5, 5.41) is 2.19. The number of carbonyl (C=O) groups excluding carboxylic acids is 3. The largest absolute Gasteiger partial charge is 0.447 e. The summed E-state index contributed by atoms with van der Waals surface area (Å²) in [7, 11) is 0. The molecule has 0 aliphatic carbocycles. The zero-order valence-corrected chi connectivity index (χ0v) is 9.65. The van der Waals surface area contributed by atoms with Gasteiger partial charge in [0.2, 0.25) is 11.8 Å². The molecule has 1 aliphatic heterocycles. The molecule has 0 saturated carbocycles. The van der Waals surface area contributed by atoms with Gasteiger partial charge in [-0.05, 0) is 20.3 Å². The van der Waals surface area contributed by atoms with Crippen LogP contribution in [0.2, 0.25) is 0 Å². The molecule has 0 aromatic heterocycles. The predicted octanol–water partition coefficient (Wildman–Crippen LogP) is 0.268. The highest BCUT2D eigenvalue weighted by atomic mass is 16.6. The van der Waals surface area contributed by atoms with Crippen molar-refractivity contribution in [1.82, 2.24) is 10.2 Å². The Morgan fingerprint density at radius 3 is 2.69 bits per heavy atom. The number of hydrogen-bond acceptors (Lipinski definition) is 4. The Labute approximate surface area is 93.9 Å². The number of nitrogens with one attached hydrogen (secondary N) is 1. The van der Waals surface area contributed by atoms with Crippen molar-refractivity contribution >= 4 is 17.9 Å². The van der Waals surface area contributed by atoms with Gasteiger partial charge in [-0.15, -0.1) is 0 Å². The van der Waals surface area contributed by atoms with Crippen LogP contribution < -0.4 is 5.32 Å². The maximum Gasteiger partial charge on any atom is 0.411 e. The Balaban J connectivity index is 2.77. The minimum Gasteiger partial charge on any atom is -0.447 e. The summed E-state index contributed by atoms with van der Waals surface area (Å²) in [6, 6.07) is -0.621. The summed E-state index contributed by atoms with van der Waals surface area (Å²) in [5.41, 5.74) is 0. The molecule has 16 heavy (non-hydrogen) atoms. The van der Waals surface area contributed by atoms with Gasteiger partial charge in [0.25, 0.3) is 0 Å². The SMILES string of the molecule is CCC1C(=O)NC(=O)CN1C(=O)OC(C)C. The predicted molar refractivity (Wildman–Crippen MR) is 55.6 cm³/mol. The second kappa shape index (κ2) is 4.96. The summed E-state index contributed by atoms with van der Waals surface area (Å²) in [5.74, 6) is -0.921. The molecule has 1 atom stereocenters. The number of imide groups is 1. The van der Waals surface area contributed by atoms with Gasteiger partial charge in [-0.25, -0.2) is 4.79 Å². The number of amides is 3. The number of piperazine rings is 1. The Morgan fingerprint density at radius 2 is 2.19 bits per heavy atom. The smallest absolute Gasteiger partial charge is 0.411 e. The van der Waals surface area contributed by atoms with E-state index in [4.69, 9.17) is 4.74 Å². The molecule has 1 N–H and O–H groups in total. The van der Waals surface area contributed by atoms with Crippen LogP contribution in [0.3, 0.4) is 0 Å². The van der Waals surface area contributed by atoms with Crippen molar-refractivity contribution in [1.29, 1.82) is 0 Å². The van der Waals surface area contributed by atoms with Crippen molar-refractivity contribution in [2.75, 3.05) is 6.54 Å². The second-order valence-corrected chi connectivity index (χ2v) is 3.90. The van der Waals surface area contributed by atoms with Crippen LogP contribution in [0.15, 0.2) is 0 Å². The number of rotatable bonds is 2. The molecule has 1 fully saturated rings. The average Bonchev–Trinajstić information content (AvgIpc) is 2.15. The van der Waals surface area contributed by atoms with Gasteiger partial charge >= 0.3 is 6.09 Å². The van der Waals surface area contributed by atoms with E-state index in [1.165, 1.54) is 4.90 Å². The first kappa shape index (κ1) is 12.5. The molecule has 3 amide bonds. The molecule has 0 bridgehead atoms. The van der Waals surface area contributed by atoms with E-state index in [9.17, 15) is 14.4 Å². The Kier molecular flexibility index (Phi) is 3.87. The van der Waals surface area contributed by atoms with Gasteiger partial charge < -0.3 is 4.74 Å². The molecule has 1 aliphatic rings. The Hall–Kier alpha value is -1.59. The average molecular weight is 228 g/mol. The summed E-state index contributed by atoms with van der Waals surface area (Å²) in [4.78, 5) is 35.4. The van der Waals surface area contributed by atoms with Crippen LogP contribution in [0.4, 0.5) is 4.79 Å². The van der Waals surface area contributed by atoms with Gasteiger partial charge in [0.1, 0.15) is 12.6 Å². The molecule has 90 valence electrons. The van der Waals surface area contributed by atoms with E-state index in [0.717, 1.165) is 0 Å². The molecule has 6 heteroatoms. The number of ether oxygens (including phenoxy) is 1. The first-order valence-corrected chi connectivity index (χ1v) is 5.26. The molecule has 0 aromatic carbocycles. The molecular formula is C10H16N2O4. The van der Waals surface area contributed by atoms with Crippen LogP contribution in [0.25, 0.3) is 0 Å². The highest BCUT2D eigenvalue weighted by Crippen LogP contribution is 2.11. The normalized spacial score (nSPS) is 21.0. The van der Waals surface area contributed by atoms with E-state index in [-0.39, 0.29) is 12.6 Å². The highest BCUT2D eigenvalue weighted by Gasteiger charge is 2.36. The van der Waals surface area contributed by atoms with Gasteiger partial charge in [-0.1, -0.05) is 6.92 Å². The minimum atomic E-state index is -0.621. The maximum atomic E-state index is 11.6. The number of carbonyl (C=O) groups is 3. The zero-order chi connectivity index (χ0) is 12.3. The Bertz CT molecular complexity index is 314. The van der Waals surface area contributed by atoms with Crippen LogP contribution in [0.5, 0.6) is 0 Å². The fourth-order valence-electron chi connectivity index (χ4n) is 1.53. The molecule has 1 saturated heterocycles. The Morgan fingerprint density at radius 1 is 1.56 bits per heavy atom. The number of nitrogens with zero attached hydrogens (tertiary/aromatic N) is 1. The summed E-state index contributed by atoms with van der Waals surface area (Å²) >= 11 is 0. The third kappa shape index (κ3) is 2.71. The van der Waals surface area contributed by atoms with E-state index < -0.39 is 23.9 Å². The van der Waals surface area contributed by atoms with Crippen LogP contribution in [0, 0.1) is 0 Å². The summed E-state index contributed by atoms with van der Waals surface area (Å²) < 4.78 is 4.97. The van der Waals surface area contributed by atoms with Crippen LogP contribution in [-0.2, 0) is 14.3 Å². The lowest BCUT2D eigenvalue weighted by atomic mass is 10.1. The van der Waals surface area contributed by atoms with Crippen molar-refractivity contribution in [2.24, 2.45) is 0 Å². The standard InChI is InChI=1S/C10H16N2O4/c1-4-7-9(14)11-8(13)5-12(7)10(15)16-6(2)3/h6-7H,4-5H2,1-3H3,(H,11,13,14). The molecule has 1 rings (SSSR count). The molecular weight excluding hydrogens is 212 g/mol. The van der Waals surface area contributed by atoms with Gasteiger partial charge in [-0.3, -0.25) is 19.8 Å². The molecule has 0 aromatic rings. The van der Waals surface area contributed by atoms with E-state index in [1.54, 1.807) is 20.8 Å². The van der Waals surface area contributed by atoms with Crippen LogP contribution in [-0.4, -0.2) is 41.5 Å². The zero-order valence-electron chi connectivity index (χ0n) is 9.65. The highest BCUT2D eigenvalue weighted by molar-refractivity contribution is 6.03. The number of hydrogen-bond donors (Lipinski definition) is 1. The van der Waals surface area contributed by atoms with Crippen molar-refractivity contribution in [2.45, 2.75) is 39.3 Å². The van der Waals surface area contributed by atoms with E-state index >= 15 is 0 Å². The van der Waals surface area contributed by atoms with Gasteiger partial charge in [0.05, 0.1) is 6.10 Å². The lowest BCUT2D eigenvalue weighted by molar-refractivity contribution is -0.139. The first-order valence-electron chi connectivity index (χ1n) is 5.26. The first-order chi connectivity index (χ1) is 7.45. The quantitative estimate of drug-likeness (QED) is 0.688. The molecule has 0 radical (unpaired) electrons. The van der Waals surface area contributed by atoms with E-state index in [0.29, 0.717) is 6.42 Å². The lowest BCUT2D eigenvalue weighted by Gasteiger charge is -2.32. The van der Waals surface area contributed by atoms with Gasteiger partial charge in [0.15, 0.2) is 0 Å². The fourth-order valence-corrected chi connectivity index (χ4v) is 1.53. The summed E-state index contributed by atoms with van der Waals surface area (Å²) in [6.45, 7) is 5.07. The van der Waals surface area contributed by atoms with Crippen molar-refractivity contribution in [3.63, 3.8) is 0 Å². The third-order valence-electron chi connectivity index (χ3n) is 2.21. The van der Waals surface area contributed by atoms with Crippen molar-refractivity contribution in [3.8, 4) is 0 Å². The van der Waals surface area contributed by atoms with Crippen LogP contribution >= 0.6 is 0 Å². The van der Waals surface area contributed by atoms with Crippen LogP contribution in [0.1, 0.15) is 27.2 Å². The summed E-state index contributed by atoms with van der Waals surface area (Å²) in [6.07, 6.45) is -0.443. The lowest BCUT2D eigenvalue weighted by Crippen LogP contribution is -2.59. The topological polar surface area (TPSA) is 75.7 Å². The monoisotopic (exact) mass is 228 g/mol. The van der Waals surface area contributed by atoms with E-state index in [1.807, 2.05) is 0 Å². The van der Waals surface area contributed by atoms with Gasteiger partial charge in [-0.2, -0.15) is 0 Å². The van der Waals surface area contributed by atoms with Crippen molar-refractivity contribution < 1.29 is 19.1 Å². The molecule has 6 nitrogen and oxygen atoms in total. The van der Waals surface area contributed by atoms with Crippen molar-refractivity contribution in [3.05, 3.63) is 0 Å². The minimum absolute atomic E-state index is 0.129. The van der Waals surface area contributed by atoms with E-state index in [2.05, 4.69) is 5.32 Å². The third-order valence-corrected chi connectivity index (χ3v) is 2.21. The fraction of sp³-hybridized carbons (Fsp3) is 0.700. The molecule has 0 spiro atoms. The second-order valence-electron chi connectivity index (χ2n) is 3.90. The molecule has 1 heterocycles. The van der Waals surface area contributed by atoms with Gasteiger partial charge in [0, 0.05) is 0 Å². The maximum absolute atomic E-state index is 11.6.